The van der Waals surface area contributed by atoms with Crippen LogP contribution in [0, 0.1) is 0 Å². The number of hydrogen-bond donors (Lipinski definition) is 2. The molecule has 1 aromatic carbocycles. The molecular formula is C20H19N3O5. The number of carbonyl (C=O) groups excluding carboxylic acids is 2. The van der Waals surface area contributed by atoms with Gasteiger partial charge in [0.2, 0.25) is 17.6 Å². The second kappa shape index (κ2) is 6.88. The Morgan fingerprint density at radius 1 is 1.14 bits per heavy atom. The van der Waals surface area contributed by atoms with Crippen molar-refractivity contribution in [1.29, 1.82) is 0 Å². The maximum Gasteiger partial charge on any atom is 0.236 e. The van der Waals surface area contributed by atoms with E-state index in [0.29, 0.717) is 47.2 Å². The summed E-state index contributed by atoms with van der Waals surface area (Å²) < 4.78 is 16.0. The molecule has 1 aliphatic rings. The number of anilines is 2. The van der Waals surface area contributed by atoms with E-state index < -0.39 is 5.41 Å². The fourth-order valence-electron chi connectivity index (χ4n) is 3.09. The van der Waals surface area contributed by atoms with Crippen LogP contribution in [0.25, 0.3) is 11.5 Å². The first-order valence-electron chi connectivity index (χ1n) is 8.80. The molecule has 144 valence electrons. The van der Waals surface area contributed by atoms with Crippen LogP contribution < -0.4 is 15.4 Å². The number of nitrogens with zero attached hydrogens (tertiary/aromatic N) is 1. The molecule has 3 aromatic rings. The monoisotopic (exact) mass is 381 g/mol. The molecule has 0 saturated heterocycles. The van der Waals surface area contributed by atoms with Gasteiger partial charge in [-0.1, -0.05) is 5.16 Å². The fourth-order valence-corrected chi connectivity index (χ4v) is 3.09. The average Bonchev–Trinajstić information content (AvgIpc) is 3.08. The Bertz CT molecular complexity index is 1020. The molecule has 8 heteroatoms. The number of hydrogen-bond acceptors (Lipinski definition) is 6. The number of nitrogens with one attached hydrogen (secondary N) is 2. The summed E-state index contributed by atoms with van der Waals surface area (Å²) in [6.45, 7) is 1.42. The number of furan rings is 1. The number of benzene rings is 1. The molecule has 0 unspecified atom stereocenters. The van der Waals surface area contributed by atoms with Gasteiger partial charge in [0.25, 0.3) is 0 Å². The molecule has 1 saturated carbocycles. The normalized spacial score (nSPS) is 14.4. The maximum absolute atomic E-state index is 13.0. The van der Waals surface area contributed by atoms with Gasteiger partial charge >= 0.3 is 0 Å². The third-order valence-corrected chi connectivity index (χ3v) is 4.72. The first-order chi connectivity index (χ1) is 13.5. The largest absolute Gasteiger partial charge is 0.495 e. The van der Waals surface area contributed by atoms with Gasteiger partial charge in [0, 0.05) is 18.7 Å². The van der Waals surface area contributed by atoms with Crippen molar-refractivity contribution in [2.45, 2.75) is 25.2 Å². The summed E-state index contributed by atoms with van der Waals surface area (Å²) in [5.41, 5.74) is 0.853. The number of rotatable bonds is 6. The third-order valence-electron chi connectivity index (χ3n) is 4.72. The first kappa shape index (κ1) is 17.8. The fraction of sp³-hybridized carbons (Fsp3) is 0.250. The van der Waals surface area contributed by atoms with E-state index in [-0.39, 0.29) is 11.8 Å². The Kier molecular flexibility index (Phi) is 4.38. The highest BCUT2D eigenvalue weighted by molar-refractivity contribution is 6.02. The maximum atomic E-state index is 13.0. The Morgan fingerprint density at radius 3 is 2.61 bits per heavy atom. The number of ether oxygens (including phenoxy) is 1. The Morgan fingerprint density at radius 2 is 1.96 bits per heavy atom. The molecule has 2 heterocycles. The highest BCUT2D eigenvalue weighted by atomic mass is 16.5. The summed E-state index contributed by atoms with van der Waals surface area (Å²) >= 11 is 0. The van der Waals surface area contributed by atoms with E-state index in [1.54, 1.807) is 42.7 Å². The van der Waals surface area contributed by atoms with Gasteiger partial charge in [-0.15, -0.1) is 0 Å². The molecule has 1 aliphatic carbocycles. The van der Waals surface area contributed by atoms with Crippen LogP contribution in [-0.2, 0) is 15.0 Å². The predicted molar refractivity (Wildman–Crippen MR) is 101 cm³/mol. The summed E-state index contributed by atoms with van der Waals surface area (Å²) in [5.74, 6) is 1.12. The molecule has 4 rings (SSSR count). The van der Waals surface area contributed by atoms with Crippen LogP contribution in [-0.4, -0.2) is 24.1 Å². The van der Waals surface area contributed by atoms with Gasteiger partial charge < -0.3 is 24.3 Å². The molecule has 0 spiro atoms. The lowest BCUT2D eigenvalue weighted by molar-refractivity contribution is -0.118. The van der Waals surface area contributed by atoms with Crippen molar-refractivity contribution in [3.8, 4) is 17.3 Å². The Balaban J connectivity index is 1.57. The number of aromatic nitrogens is 1. The van der Waals surface area contributed by atoms with Gasteiger partial charge in [-0.2, -0.15) is 0 Å². The van der Waals surface area contributed by atoms with Crippen molar-refractivity contribution in [2.24, 2.45) is 0 Å². The van der Waals surface area contributed by atoms with Gasteiger partial charge in [-0.3, -0.25) is 9.59 Å². The summed E-state index contributed by atoms with van der Waals surface area (Å²) in [6.07, 6.45) is 2.87. The summed E-state index contributed by atoms with van der Waals surface area (Å²) in [6, 6.07) is 10.3. The molecule has 2 amide bonds. The van der Waals surface area contributed by atoms with E-state index in [1.165, 1.54) is 14.0 Å². The van der Waals surface area contributed by atoms with Crippen molar-refractivity contribution in [1.82, 2.24) is 5.16 Å². The van der Waals surface area contributed by atoms with E-state index >= 15 is 0 Å². The zero-order chi connectivity index (χ0) is 19.7. The first-order valence-corrected chi connectivity index (χ1v) is 8.80. The second-order valence-corrected chi connectivity index (χ2v) is 6.69. The van der Waals surface area contributed by atoms with Crippen LogP contribution in [0.5, 0.6) is 5.75 Å². The molecule has 28 heavy (non-hydrogen) atoms. The third kappa shape index (κ3) is 3.24. The molecule has 0 aliphatic heterocycles. The lowest BCUT2D eigenvalue weighted by Gasteiger charge is -2.16. The van der Waals surface area contributed by atoms with E-state index in [1.807, 2.05) is 0 Å². The average molecular weight is 381 g/mol. The quantitative estimate of drug-likeness (QED) is 0.676. The minimum atomic E-state index is -0.747. The highest BCUT2D eigenvalue weighted by Crippen LogP contribution is 2.49. The van der Waals surface area contributed by atoms with Crippen LogP contribution in [0.4, 0.5) is 11.4 Å². The number of amides is 2. The van der Waals surface area contributed by atoms with E-state index in [0.717, 1.165) is 0 Å². The molecule has 1 fully saturated rings. The smallest absolute Gasteiger partial charge is 0.236 e. The standard InChI is InChI=1S/C20H19N3O5/c1-12(24)21-13-5-6-15(26-2)14(10-13)22-19(25)20(7-8-20)18-11-17(28-23-18)16-4-3-9-27-16/h3-6,9-11H,7-8H2,1-2H3,(H,21,24)(H,22,25). The highest BCUT2D eigenvalue weighted by Gasteiger charge is 2.54. The predicted octanol–water partition coefficient (Wildman–Crippen LogP) is 3.57. The molecular weight excluding hydrogens is 362 g/mol. The zero-order valence-electron chi connectivity index (χ0n) is 15.4. The minimum Gasteiger partial charge on any atom is -0.495 e. The van der Waals surface area contributed by atoms with Gasteiger partial charge in [0.05, 0.1) is 30.2 Å². The number of carbonyl (C=O) groups is 2. The van der Waals surface area contributed by atoms with Crippen LogP contribution in [0.2, 0.25) is 0 Å². The van der Waals surface area contributed by atoms with Crippen molar-refractivity contribution in [2.75, 3.05) is 17.7 Å². The Labute approximate surface area is 160 Å². The van der Waals surface area contributed by atoms with Crippen LogP contribution in [0.3, 0.4) is 0 Å². The van der Waals surface area contributed by atoms with Crippen molar-refractivity contribution in [3.05, 3.63) is 48.4 Å². The molecule has 2 N–H and O–H groups in total. The summed E-state index contributed by atoms with van der Waals surface area (Å²) in [7, 11) is 1.52. The minimum absolute atomic E-state index is 0.200. The van der Waals surface area contributed by atoms with E-state index in [4.69, 9.17) is 13.7 Å². The lowest BCUT2D eigenvalue weighted by atomic mass is 10.0. The summed E-state index contributed by atoms with van der Waals surface area (Å²) in [4.78, 5) is 24.3. The van der Waals surface area contributed by atoms with Gasteiger partial charge in [-0.25, -0.2) is 0 Å². The number of methoxy groups -OCH3 is 1. The van der Waals surface area contributed by atoms with E-state index in [9.17, 15) is 9.59 Å². The molecule has 0 bridgehead atoms. The van der Waals surface area contributed by atoms with Gasteiger partial charge in [0.1, 0.15) is 5.75 Å². The van der Waals surface area contributed by atoms with Crippen molar-refractivity contribution >= 4 is 23.2 Å². The molecule has 0 radical (unpaired) electrons. The SMILES string of the molecule is COc1ccc(NC(C)=O)cc1NC(=O)C1(c2cc(-c3ccco3)on2)CC1. The topological polar surface area (TPSA) is 107 Å². The van der Waals surface area contributed by atoms with Gasteiger partial charge in [-0.05, 0) is 43.2 Å². The Hall–Kier alpha value is -3.55. The van der Waals surface area contributed by atoms with Crippen molar-refractivity contribution < 1.29 is 23.3 Å². The van der Waals surface area contributed by atoms with Gasteiger partial charge in [0.15, 0.2) is 5.76 Å². The van der Waals surface area contributed by atoms with Crippen molar-refractivity contribution in [3.63, 3.8) is 0 Å². The molecule has 8 nitrogen and oxygen atoms in total. The van der Waals surface area contributed by atoms with E-state index in [2.05, 4.69) is 15.8 Å². The molecule has 0 atom stereocenters. The second-order valence-electron chi connectivity index (χ2n) is 6.69. The van der Waals surface area contributed by atoms with Crippen LogP contribution in [0.1, 0.15) is 25.5 Å². The lowest BCUT2D eigenvalue weighted by Crippen LogP contribution is -2.28. The van der Waals surface area contributed by atoms with Crippen LogP contribution in [0.15, 0.2) is 51.6 Å². The summed E-state index contributed by atoms with van der Waals surface area (Å²) in [5, 5.41) is 9.68. The van der Waals surface area contributed by atoms with Crippen LogP contribution >= 0.6 is 0 Å². The zero-order valence-corrected chi connectivity index (χ0v) is 15.4. The molecule has 2 aromatic heterocycles.